The Hall–Kier alpha value is -1.80. The molecule has 36 heavy (non-hydrogen) atoms. The van der Waals surface area contributed by atoms with E-state index in [0.29, 0.717) is 11.1 Å². The van der Waals surface area contributed by atoms with Gasteiger partial charge in [0, 0.05) is 5.41 Å². The lowest BCUT2D eigenvalue weighted by molar-refractivity contribution is -0.121. The molecule has 0 saturated heterocycles. The van der Waals surface area contributed by atoms with E-state index in [1.165, 1.54) is 5.56 Å². The standard InChI is InChI=1S/C26H30O8P2/c1-24(15-19-5-3-2-4-6-19)20-7-11-22(12-8-20)26(34-36(31)32,23-13-9-21(24)10-14-23)25(16-27,17-28)18-33-35(29)30/h2-14,27-32H,15-18H2,1H3. The molecule has 4 aliphatic rings. The Labute approximate surface area is 212 Å². The molecule has 10 heteroatoms. The Morgan fingerprint density at radius 2 is 1.17 bits per heavy atom. The van der Waals surface area contributed by atoms with E-state index in [1.807, 2.05) is 42.5 Å². The van der Waals surface area contributed by atoms with Gasteiger partial charge in [0.15, 0.2) is 0 Å². The van der Waals surface area contributed by atoms with Gasteiger partial charge in [-0.05, 0) is 34.2 Å². The third-order valence-electron chi connectivity index (χ3n) is 7.28. The Kier molecular flexibility index (Phi) is 8.25. The summed E-state index contributed by atoms with van der Waals surface area (Å²) in [5, 5.41) is 21.1. The minimum absolute atomic E-state index is 0.377. The SMILES string of the molecule is CC1(Cc2ccccc2)c2ccc(cc2)C(OP(O)O)(C(CO)(CO)COP(O)O)c2ccc1cc2. The largest absolute Gasteiger partial charge is 0.395 e. The minimum Gasteiger partial charge on any atom is -0.395 e. The molecule has 0 aromatic heterocycles. The van der Waals surface area contributed by atoms with Crippen molar-refractivity contribution in [2.45, 2.75) is 24.4 Å². The predicted octanol–water partition coefficient (Wildman–Crippen LogP) is 3.22. The van der Waals surface area contributed by atoms with E-state index in [9.17, 15) is 29.8 Å². The van der Waals surface area contributed by atoms with Crippen LogP contribution in [0.5, 0.6) is 0 Å². The normalized spacial score (nSPS) is 21.5. The first-order valence-electron chi connectivity index (χ1n) is 11.4. The van der Waals surface area contributed by atoms with Gasteiger partial charge in [0.25, 0.3) is 0 Å². The van der Waals surface area contributed by atoms with Gasteiger partial charge in [-0.3, -0.25) is 4.52 Å². The van der Waals surface area contributed by atoms with Crippen LogP contribution in [0.25, 0.3) is 0 Å². The second kappa shape index (κ2) is 10.9. The lowest BCUT2D eigenvalue weighted by Gasteiger charge is -2.49. The van der Waals surface area contributed by atoms with Crippen molar-refractivity contribution >= 4 is 17.2 Å². The monoisotopic (exact) mass is 532 g/mol. The molecule has 3 aromatic carbocycles. The van der Waals surface area contributed by atoms with Crippen molar-refractivity contribution in [1.29, 1.82) is 0 Å². The molecule has 0 fully saturated rings. The lowest BCUT2D eigenvalue weighted by atomic mass is 9.63. The molecule has 4 bridgehead atoms. The summed E-state index contributed by atoms with van der Waals surface area (Å²) >= 11 is 0. The predicted molar refractivity (Wildman–Crippen MR) is 137 cm³/mol. The fraction of sp³-hybridized carbons (Fsp3) is 0.308. The minimum atomic E-state index is -2.98. The van der Waals surface area contributed by atoms with E-state index >= 15 is 0 Å². The molecular weight excluding hydrogens is 502 g/mol. The summed E-state index contributed by atoms with van der Waals surface area (Å²) in [5.41, 5.74) is 0.196. The zero-order chi connectivity index (χ0) is 26.0. The second-order valence-electron chi connectivity index (χ2n) is 9.30. The summed E-state index contributed by atoms with van der Waals surface area (Å²) in [4.78, 5) is 38.9. The molecule has 3 aromatic rings. The van der Waals surface area contributed by atoms with E-state index in [2.05, 4.69) is 19.1 Å². The first-order valence-corrected chi connectivity index (χ1v) is 13.7. The molecule has 0 spiro atoms. The van der Waals surface area contributed by atoms with Gasteiger partial charge in [0.05, 0.1) is 25.2 Å². The summed E-state index contributed by atoms with van der Waals surface area (Å²) in [7, 11) is -5.79. The van der Waals surface area contributed by atoms with Crippen LogP contribution >= 0.6 is 17.2 Å². The van der Waals surface area contributed by atoms with E-state index < -0.39 is 48.0 Å². The Bertz CT molecular complexity index is 1090. The number of benzene rings is 3. The average Bonchev–Trinajstić information content (AvgIpc) is 2.88. The van der Waals surface area contributed by atoms with E-state index in [0.717, 1.165) is 17.5 Å². The maximum absolute atomic E-state index is 10.5. The molecule has 0 unspecified atom stereocenters. The first-order chi connectivity index (χ1) is 17.2. The maximum Gasteiger partial charge on any atom is 0.328 e. The van der Waals surface area contributed by atoms with Gasteiger partial charge in [-0.15, -0.1) is 0 Å². The van der Waals surface area contributed by atoms with Crippen LogP contribution in [0.15, 0.2) is 78.9 Å². The van der Waals surface area contributed by atoms with Gasteiger partial charge in [0.1, 0.15) is 5.60 Å². The van der Waals surface area contributed by atoms with E-state index in [1.54, 1.807) is 24.3 Å². The molecule has 0 amide bonds. The molecule has 0 aliphatic heterocycles. The summed E-state index contributed by atoms with van der Waals surface area (Å²) < 4.78 is 10.9. The number of hydrogen-bond donors (Lipinski definition) is 6. The first kappa shape index (κ1) is 27.2. The molecule has 0 heterocycles. The van der Waals surface area contributed by atoms with Crippen LogP contribution in [0.2, 0.25) is 0 Å². The molecule has 8 nitrogen and oxygen atoms in total. The molecule has 192 valence electrons. The highest BCUT2D eigenvalue weighted by Gasteiger charge is 2.57. The molecule has 7 rings (SSSR count). The quantitative estimate of drug-likeness (QED) is 0.219. The van der Waals surface area contributed by atoms with Crippen molar-refractivity contribution < 1.29 is 38.8 Å². The van der Waals surface area contributed by atoms with Gasteiger partial charge in [-0.2, -0.15) is 0 Å². The number of rotatable bonds is 10. The van der Waals surface area contributed by atoms with E-state index in [-0.39, 0.29) is 5.41 Å². The van der Waals surface area contributed by atoms with Crippen LogP contribution in [0.1, 0.15) is 34.7 Å². The average molecular weight is 532 g/mol. The van der Waals surface area contributed by atoms with Gasteiger partial charge >= 0.3 is 17.2 Å². The number of aliphatic hydroxyl groups excluding tert-OH is 2. The fourth-order valence-electron chi connectivity index (χ4n) is 5.27. The fourth-order valence-corrected chi connectivity index (χ4v) is 6.28. The summed E-state index contributed by atoms with van der Waals surface area (Å²) in [6, 6.07) is 25.0. The van der Waals surface area contributed by atoms with Crippen LogP contribution in [-0.4, -0.2) is 49.6 Å². The van der Waals surface area contributed by atoms with Crippen molar-refractivity contribution in [3.63, 3.8) is 0 Å². The molecule has 0 saturated carbocycles. The topological polar surface area (TPSA) is 140 Å². The Morgan fingerprint density at radius 1 is 0.694 bits per heavy atom. The van der Waals surface area contributed by atoms with Crippen molar-refractivity contribution in [2.24, 2.45) is 5.41 Å². The van der Waals surface area contributed by atoms with Crippen molar-refractivity contribution in [1.82, 2.24) is 0 Å². The van der Waals surface area contributed by atoms with Crippen LogP contribution < -0.4 is 0 Å². The zero-order valence-electron chi connectivity index (χ0n) is 19.7. The van der Waals surface area contributed by atoms with Gasteiger partial charge < -0.3 is 34.3 Å². The van der Waals surface area contributed by atoms with Crippen molar-refractivity contribution in [2.75, 3.05) is 19.8 Å². The highest BCUT2D eigenvalue weighted by atomic mass is 31.2. The molecule has 4 aliphatic carbocycles. The summed E-state index contributed by atoms with van der Waals surface area (Å²) in [6.45, 7) is 0.202. The second-order valence-corrected chi connectivity index (χ2v) is 10.7. The van der Waals surface area contributed by atoms with Crippen LogP contribution in [0.4, 0.5) is 0 Å². The smallest absolute Gasteiger partial charge is 0.328 e. The lowest BCUT2D eigenvalue weighted by Crippen LogP contribution is -2.55. The Balaban J connectivity index is 1.94. The van der Waals surface area contributed by atoms with Gasteiger partial charge in [-0.25, -0.2) is 0 Å². The molecule has 0 radical (unpaired) electrons. The number of aliphatic hydroxyl groups is 2. The van der Waals surface area contributed by atoms with Crippen LogP contribution in [-0.2, 0) is 26.5 Å². The molecule has 0 atom stereocenters. The summed E-state index contributed by atoms with van der Waals surface area (Å²) in [5.74, 6) is 0. The number of hydrogen-bond acceptors (Lipinski definition) is 8. The van der Waals surface area contributed by atoms with Crippen LogP contribution in [0, 0.1) is 5.41 Å². The highest BCUT2D eigenvalue weighted by molar-refractivity contribution is 7.39. The van der Waals surface area contributed by atoms with E-state index in [4.69, 9.17) is 9.05 Å². The zero-order valence-corrected chi connectivity index (χ0v) is 21.5. The van der Waals surface area contributed by atoms with Gasteiger partial charge in [-0.1, -0.05) is 85.8 Å². The maximum atomic E-state index is 10.5. The highest BCUT2D eigenvalue weighted by Crippen LogP contribution is 2.56. The van der Waals surface area contributed by atoms with Gasteiger partial charge in [0.2, 0.25) is 0 Å². The molecule has 6 N–H and O–H groups in total. The van der Waals surface area contributed by atoms with Crippen molar-refractivity contribution in [3.05, 3.63) is 107 Å². The van der Waals surface area contributed by atoms with Crippen LogP contribution in [0.3, 0.4) is 0 Å². The third-order valence-corrected chi connectivity index (χ3v) is 8.08. The molecular formula is C26H30O8P2. The third kappa shape index (κ3) is 4.75. The summed E-state index contributed by atoms with van der Waals surface area (Å²) in [6.07, 6.45) is 0.744. The Morgan fingerprint density at radius 3 is 1.58 bits per heavy atom. The van der Waals surface area contributed by atoms with Crippen molar-refractivity contribution in [3.8, 4) is 0 Å².